The monoisotopic (exact) mass is 339 g/mol. The predicted molar refractivity (Wildman–Crippen MR) is 106 cm³/mol. The third-order valence-corrected chi connectivity index (χ3v) is 7.06. The molecule has 3 nitrogen and oxygen atoms in total. The van der Waals surface area contributed by atoms with Gasteiger partial charge in [-0.15, -0.1) is 0 Å². The summed E-state index contributed by atoms with van der Waals surface area (Å²) in [5.74, 6) is 1.04. The van der Waals surface area contributed by atoms with Crippen LogP contribution >= 0.6 is 0 Å². The van der Waals surface area contributed by atoms with Gasteiger partial charge < -0.3 is 17.2 Å². The van der Waals surface area contributed by atoms with E-state index in [2.05, 4.69) is 43.3 Å². The molecule has 3 aliphatic rings. The highest BCUT2D eigenvalue weighted by Crippen LogP contribution is 2.76. The van der Waals surface area contributed by atoms with Crippen LogP contribution in [0.2, 0.25) is 0 Å². The summed E-state index contributed by atoms with van der Waals surface area (Å²) < 4.78 is 0. The van der Waals surface area contributed by atoms with E-state index >= 15 is 0 Å². The number of nitrogens with two attached hydrogens (primary N) is 3. The second kappa shape index (κ2) is 4.24. The van der Waals surface area contributed by atoms with Gasteiger partial charge in [0.2, 0.25) is 0 Å². The molecule has 6 N–H and O–H groups in total. The van der Waals surface area contributed by atoms with Crippen LogP contribution in [0.5, 0.6) is 0 Å². The number of benzene rings is 3. The maximum Gasteiger partial charge on any atom is 0.0317 e. The Balaban J connectivity index is 1.78. The quantitative estimate of drug-likeness (QED) is 0.538. The van der Waals surface area contributed by atoms with Crippen molar-refractivity contribution in [3.05, 3.63) is 88.0 Å². The van der Waals surface area contributed by atoms with Crippen molar-refractivity contribution in [3.8, 4) is 0 Å². The van der Waals surface area contributed by atoms with E-state index < -0.39 is 0 Å². The summed E-state index contributed by atoms with van der Waals surface area (Å²) in [6, 6.07) is 19.3. The van der Waals surface area contributed by atoms with Crippen molar-refractivity contribution < 1.29 is 0 Å². The fourth-order valence-electron chi connectivity index (χ4n) is 6.33. The Morgan fingerprint density at radius 1 is 0.538 bits per heavy atom. The Kier molecular flexibility index (Phi) is 2.32. The lowest BCUT2D eigenvalue weighted by Gasteiger charge is -2.31. The highest BCUT2D eigenvalue weighted by molar-refractivity contribution is 5.72. The van der Waals surface area contributed by atoms with Crippen molar-refractivity contribution in [1.29, 1.82) is 0 Å². The Morgan fingerprint density at radius 3 is 1.15 bits per heavy atom. The zero-order valence-electron chi connectivity index (χ0n) is 14.7. The Hall–Kier alpha value is -2.94. The third-order valence-electron chi connectivity index (χ3n) is 7.06. The molecule has 0 aromatic heterocycles. The van der Waals surface area contributed by atoms with Gasteiger partial charge in [0.1, 0.15) is 0 Å². The lowest BCUT2D eigenvalue weighted by molar-refractivity contribution is 0.288. The molecule has 0 aliphatic heterocycles. The molecule has 3 unspecified atom stereocenters. The first-order chi connectivity index (χ1) is 12.5. The predicted octanol–water partition coefficient (Wildman–Crippen LogP) is 4.18. The minimum absolute atomic E-state index is 0.0718. The number of hydrogen-bond donors (Lipinski definition) is 3. The van der Waals surface area contributed by atoms with E-state index in [0.29, 0.717) is 17.8 Å². The summed E-state index contributed by atoms with van der Waals surface area (Å²) in [5.41, 5.74) is 29.4. The van der Waals surface area contributed by atoms with Crippen LogP contribution in [-0.4, -0.2) is 0 Å². The van der Waals surface area contributed by atoms with Gasteiger partial charge in [0.25, 0.3) is 0 Å². The van der Waals surface area contributed by atoms with E-state index in [4.69, 9.17) is 17.2 Å². The van der Waals surface area contributed by atoms with Crippen molar-refractivity contribution in [3.63, 3.8) is 0 Å². The molecule has 6 rings (SSSR count). The molecule has 3 aromatic rings. The van der Waals surface area contributed by atoms with E-state index in [0.717, 1.165) is 17.1 Å². The lowest BCUT2D eigenvalue weighted by atomic mass is 9.70. The highest BCUT2D eigenvalue weighted by Gasteiger charge is 2.64. The van der Waals surface area contributed by atoms with Crippen molar-refractivity contribution in [2.45, 2.75) is 24.7 Å². The van der Waals surface area contributed by atoms with Crippen LogP contribution in [-0.2, 0) is 0 Å². The molecule has 0 radical (unpaired) electrons. The summed E-state index contributed by atoms with van der Waals surface area (Å²) in [5, 5.41) is 0. The largest absolute Gasteiger partial charge is 0.399 e. The fraction of sp³-hybridized carbons (Fsp3) is 0.217. The summed E-state index contributed by atoms with van der Waals surface area (Å²) in [4.78, 5) is 0. The maximum absolute atomic E-state index is 6.18. The van der Waals surface area contributed by atoms with Crippen LogP contribution in [0.15, 0.2) is 54.6 Å². The molecule has 0 heterocycles. The average Bonchev–Trinajstić information content (AvgIpc) is 3.10. The first-order valence-corrected chi connectivity index (χ1v) is 9.18. The molecule has 3 atom stereocenters. The van der Waals surface area contributed by atoms with Gasteiger partial charge in [-0.25, -0.2) is 0 Å². The molecule has 3 aromatic carbocycles. The second-order valence-corrected chi connectivity index (χ2v) is 8.33. The van der Waals surface area contributed by atoms with Gasteiger partial charge in [0.05, 0.1) is 0 Å². The smallest absolute Gasteiger partial charge is 0.0317 e. The molecule has 3 heteroatoms. The van der Waals surface area contributed by atoms with Crippen LogP contribution in [0.3, 0.4) is 0 Å². The first kappa shape index (κ1) is 14.3. The average molecular weight is 339 g/mol. The molecule has 26 heavy (non-hydrogen) atoms. The zero-order valence-corrected chi connectivity index (χ0v) is 14.7. The fourth-order valence-corrected chi connectivity index (χ4v) is 6.33. The van der Waals surface area contributed by atoms with Crippen LogP contribution in [0.4, 0.5) is 17.1 Å². The van der Waals surface area contributed by atoms with E-state index in [-0.39, 0.29) is 5.41 Å². The molecule has 3 aliphatic carbocycles. The van der Waals surface area contributed by atoms with Crippen LogP contribution in [0.1, 0.15) is 58.1 Å². The van der Waals surface area contributed by atoms with Gasteiger partial charge in [0, 0.05) is 40.2 Å². The number of anilines is 3. The van der Waals surface area contributed by atoms with Crippen molar-refractivity contribution >= 4 is 17.1 Å². The molecule has 128 valence electrons. The number of hydrogen-bond acceptors (Lipinski definition) is 3. The van der Waals surface area contributed by atoms with E-state index in [9.17, 15) is 0 Å². The van der Waals surface area contributed by atoms with Crippen molar-refractivity contribution in [2.24, 2.45) is 5.41 Å². The Bertz CT molecular complexity index is 975. The molecule has 0 amide bonds. The summed E-state index contributed by atoms with van der Waals surface area (Å²) in [7, 11) is 0. The summed E-state index contributed by atoms with van der Waals surface area (Å²) >= 11 is 0. The van der Waals surface area contributed by atoms with Crippen LogP contribution < -0.4 is 17.2 Å². The molecule has 0 bridgehead atoms. The normalized spacial score (nSPS) is 29.2. The van der Waals surface area contributed by atoms with Crippen molar-refractivity contribution in [2.75, 3.05) is 17.2 Å². The molecule has 0 fully saturated rings. The molecular weight excluding hydrogens is 318 g/mol. The van der Waals surface area contributed by atoms with Gasteiger partial charge in [-0.3, -0.25) is 0 Å². The third kappa shape index (κ3) is 1.39. The van der Waals surface area contributed by atoms with Gasteiger partial charge >= 0.3 is 0 Å². The molecule has 0 saturated carbocycles. The van der Waals surface area contributed by atoms with E-state index in [1.54, 1.807) is 0 Å². The van der Waals surface area contributed by atoms with Crippen LogP contribution in [0.25, 0.3) is 0 Å². The minimum Gasteiger partial charge on any atom is -0.399 e. The van der Waals surface area contributed by atoms with Gasteiger partial charge in [-0.1, -0.05) is 25.1 Å². The second-order valence-electron chi connectivity index (χ2n) is 8.33. The maximum atomic E-state index is 6.18. The van der Waals surface area contributed by atoms with Gasteiger partial charge in [-0.2, -0.15) is 0 Å². The van der Waals surface area contributed by atoms with E-state index in [1.165, 1.54) is 33.4 Å². The topological polar surface area (TPSA) is 78.1 Å². The van der Waals surface area contributed by atoms with Crippen LogP contribution in [0, 0.1) is 5.41 Å². The molecule has 0 saturated heterocycles. The molecular formula is C23H21N3. The number of nitrogen functional groups attached to an aromatic ring is 3. The number of fused-ring (bicyclic) bond motifs is 9. The zero-order chi connectivity index (χ0) is 17.8. The van der Waals surface area contributed by atoms with Gasteiger partial charge in [0.15, 0.2) is 0 Å². The summed E-state index contributed by atoms with van der Waals surface area (Å²) in [6.07, 6.45) is 0. The van der Waals surface area contributed by atoms with E-state index in [1.807, 2.05) is 18.2 Å². The van der Waals surface area contributed by atoms with Gasteiger partial charge in [-0.05, 0) is 69.8 Å². The highest BCUT2D eigenvalue weighted by atomic mass is 14.7. The summed E-state index contributed by atoms with van der Waals surface area (Å²) in [6.45, 7) is 2.44. The minimum atomic E-state index is 0.0718. The SMILES string of the molecule is CC12C3c4ccc(N)cc4C1c1ccc(N)cc1C2c1ccc(N)cc13. The lowest BCUT2D eigenvalue weighted by Crippen LogP contribution is -2.23. The Morgan fingerprint density at radius 2 is 0.846 bits per heavy atom. The Labute approximate surface area is 152 Å². The standard InChI is InChI=1S/C23H21N3/c1-23-20-14-5-2-11(24)8-17(14)21(23)16-7-4-13(26)10-19(16)22(23)15-6-3-12(25)9-18(15)20/h2-10,20-22H,24-26H2,1H3. The first-order valence-electron chi connectivity index (χ1n) is 9.18. The molecule has 0 spiro atoms. The number of rotatable bonds is 0. The van der Waals surface area contributed by atoms with Crippen molar-refractivity contribution in [1.82, 2.24) is 0 Å².